The molecule has 19 heavy (non-hydrogen) atoms. The third-order valence-corrected chi connectivity index (χ3v) is 4.99. The number of thioether (sulfide) groups is 1. The number of hydrogen-bond donors (Lipinski definition) is 0. The number of carbonyl (C=O) groups is 1. The Kier molecular flexibility index (Phi) is 5.02. The van der Waals surface area contributed by atoms with Gasteiger partial charge in [-0.3, -0.25) is 9.69 Å². The Morgan fingerprint density at radius 2 is 1.95 bits per heavy atom. The van der Waals surface area contributed by atoms with Gasteiger partial charge in [-0.05, 0) is 13.2 Å². The highest BCUT2D eigenvalue weighted by Gasteiger charge is 2.34. The first kappa shape index (κ1) is 14.6. The molecule has 1 aliphatic rings. The first-order valence-corrected chi connectivity index (χ1v) is 7.84. The number of hydrogen-bond acceptors (Lipinski definition) is 4. The van der Waals surface area contributed by atoms with Crippen molar-refractivity contribution in [1.29, 1.82) is 0 Å². The van der Waals surface area contributed by atoms with Crippen molar-refractivity contribution in [3.05, 3.63) is 35.9 Å². The van der Waals surface area contributed by atoms with Crippen LogP contribution in [0.15, 0.2) is 30.3 Å². The first-order valence-electron chi connectivity index (χ1n) is 6.62. The standard InChI is InChI=1S/C15H21NO2S/c1-15(19-2,16-8-10-18-11-9-16)12-14(17)13-6-4-3-5-7-13/h3-7H,8-12H2,1-2H3. The highest BCUT2D eigenvalue weighted by atomic mass is 32.2. The van der Waals surface area contributed by atoms with Crippen LogP contribution in [0.25, 0.3) is 0 Å². The molecule has 0 bridgehead atoms. The Morgan fingerprint density at radius 3 is 2.53 bits per heavy atom. The second kappa shape index (κ2) is 6.55. The lowest BCUT2D eigenvalue weighted by molar-refractivity contribution is 0.0104. The third-order valence-electron chi connectivity index (χ3n) is 3.70. The number of morpholine rings is 1. The lowest BCUT2D eigenvalue weighted by Gasteiger charge is -2.41. The zero-order valence-corrected chi connectivity index (χ0v) is 12.4. The topological polar surface area (TPSA) is 29.5 Å². The summed E-state index contributed by atoms with van der Waals surface area (Å²) in [4.78, 5) is 14.6. The van der Waals surface area contributed by atoms with E-state index in [4.69, 9.17) is 4.74 Å². The minimum absolute atomic E-state index is 0.142. The monoisotopic (exact) mass is 279 g/mol. The van der Waals surface area contributed by atoms with Crippen LogP contribution in [0.5, 0.6) is 0 Å². The molecule has 4 heteroatoms. The summed E-state index contributed by atoms with van der Waals surface area (Å²) in [6.45, 7) is 5.48. The summed E-state index contributed by atoms with van der Waals surface area (Å²) in [5, 5.41) is 0. The van der Waals surface area contributed by atoms with Crippen LogP contribution in [0.3, 0.4) is 0 Å². The minimum atomic E-state index is -0.142. The Morgan fingerprint density at radius 1 is 1.32 bits per heavy atom. The molecule has 0 saturated carbocycles. The van der Waals surface area contributed by atoms with E-state index in [1.165, 1.54) is 0 Å². The summed E-state index contributed by atoms with van der Waals surface area (Å²) >= 11 is 1.75. The van der Waals surface area contributed by atoms with E-state index < -0.39 is 0 Å². The predicted molar refractivity (Wildman–Crippen MR) is 79.7 cm³/mol. The zero-order chi connectivity index (χ0) is 13.7. The maximum atomic E-state index is 12.4. The van der Waals surface area contributed by atoms with Gasteiger partial charge in [-0.1, -0.05) is 30.3 Å². The van der Waals surface area contributed by atoms with Crippen molar-refractivity contribution in [2.75, 3.05) is 32.6 Å². The summed E-state index contributed by atoms with van der Waals surface area (Å²) in [6.07, 6.45) is 2.62. The molecule has 1 aromatic rings. The second-order valence-corrected chi connectivity index (χ2v) is 6.23. The molecule has 1 unspecified atom stereocenters. The van der Waals surface area contributed by atoms with Crippen LogP contribution in [0.4, 0.5) is 0 Å². The summed E-state index contributed by atoms with van der Waals surface area (Å²) in [7, 11) is 0. The number of ether oxygens (including phenoxy) is 1. The molecule has 104 valence electrons. The third kappa shape index (κ3) is 3.59. The summed E-state index contributed by atoms with van der Waals surface area (Å²) < 4.78 is 5.39. The van der Waals surface area contributed by atoms with Crippen LogP contribution in [0, 0.1) is 0 Å². The van der Waals surface area contributed by atoms with Gasteiger partial charge in [0.25, 0.3) is 0 Å². The highest BCUT2D eigenvalue weighted by Crippen LogP contribution is 2.32. The largest absolute Gasteiger partial charge is 0.379 e. The average molecular weight is 279 g/mol. The van der Waals surface area contributed by atoms with Crippen molar-refractivity contribution < 1.29 is 9.53 Å². The first-order chi connectivity index (χ1) is 9.15. The minimum Gasteiger partial charge on any atom is -0.379 e. The summed E-state index contributed by atoms with van der Waals surface area (Å²) in [5.74, 6) is 0.212. The maximum Gasteiger partial charge on any atom is 0.165 e. The molecular formula is C15H21NO2S. The van der Waals surface area contributed by atoms with Gasteiger partial charge in [0.15, 0.2) is 5.78 Å². The lowest BCUT2D eigenvalue weighted by Crippen LogP contribution is -2.50. The molecule has 1 aliphatic heterocycles. The van der Waals surface area contributed by atoms with Gasteiger partial charge >= 0.3 is 0 Å². The van der Waals surface area contributed by atoms with Crippen LogP contribution in [0.1, 0.15) is 23.7 Å². The molecular weight excluding hydrogens is 258 g/mol. The van der Waals surface area contributed by atoms with E-state index >= 15 is 0 Å². The van der Waals surface area contributed by atoms with Gasteiger partial charge in [0.05, 0.1) is 18.1 Å². The Balaban J connectivity index is 2.07. The molecule has 0 radical (unpaired) electrons. The molecule has 1 saturated heterocycles. The van der Waals surface area contributed by atoms with Crippen molar-refractivity contribution in [1.82, 2.24) is 4.90 Å². The Hall–Kier alpha value is -0.840. The van der Waals surface area contributed by atoms with Crippen molar-refractivity contribution in [3.63, 3.8) is 0 Å². The smallest absolute Gasteiger partial charge is 0.165 e. The van der Waals surface area contributed by atoms with E-state index in [0.717, 1.165) is 31.9 Å². The van der Waals surface area contributed by atoms with E-state index in [-0.39, 0.29) is 10.7 Å². The molecule has 0 aliphatic carbocycles. The van der Waals surface area contributed by atoms with Crippen molar-refractivity contribution in [2.45, 2.75) is 18.2 Å². The SMILES string of the molecule is CSC(C)(CC(=O)c1ccccc1)N1CCOCC1. The second-order valence-electron chi connectivity index (χ2n) is 4.94. The van der Waals surface area contributed by atoms with Gasteiger partial charge in [0, 0.05) is 25.1 Å². The van der Waals surface area contributed by atoms with Gasteiger partial charge in [-0.15, -0.1) is 11.8 Å². The van der Waals surface area contributed by atoms with Crippen LogP contribution in [-0.2, 0) is 4.74 Å². The maximum absolute atomic E-state index is 12.4. The number of Topliss-reactive ketones (excluding diaryl/α,β-unsaturated/α-hetero) is 1. The fourth-order valence-electron chi connectivity index (χ4n) is 2.37. The zero-order valence-electron chi connectivity index (χ0n) is 11.6. The molecule has 1 atom stereocenters. The number of nitrogens with zero attached hydrogens (tertiary/aromatic N) is 1. The van der Waals surface area contributed by atoms with Crippen LogP contribution >= 0.6 is 11.8 Å². The number of ketones is 1. The quantitative estimate of drug-likeness (QED) is 0.775. The van der Waals surface area contributed by atoms with Crippen LogP contribution in [-0.4, -0.2) is 48.1 Å². The van der Waals surface area contributed by atoms with E-state index in [1.807, 2.05) is 30.3 Å². The molecule has 0 aromatic heterocycles. The Bertz CT molecular complexity index is 417. The van der Waals surface area contributed by atoms with E-state index in [2.05, 4.69) is 18.1 Å². The fourth-order valence-corrected chi connectivity index (χ4v) is 3.09. The molecule has 0 N–H and O–H groups in total. The van der Waals surface area contributed by atoms with E-state index in [1.54, 1.807) is 11.8 Å². The van der Waals surface area contributed by atoms with Gasteiger partial charge in [0.2, 0.25) is 0 Å². The molecule has 2 rings (SSSR count). The van der Waals surface area contributed by atoms with Crippen LogP contribution in [0.2, 0.25) is 0 Å². The van der Waals surface area contributed by atoms with Crippen molar-refractivity contribution >= 4 is 17.5 Å². The van der Waals surface area contributed by atoms with Crippen molar-refractivity contribution in [2.24, 2.45) is 0 Å². The molecule has 0 spiro atoms. The average Bonchev–Trinajstić information content (AvgIpc) is 2.49. The molecule has 1 fully saturated rings. The summed E-state index contributed by atoms with van der Waals surface area (Å²) in [6, 6.07) is 9.55. The fraction of sp³-hybridized carbons (Fsp3) is 0.533. The Labute approximate surface area is 119 Å². The number of rotatable bonds is 5. The van der Waals surface area contributed by atoms with Gasteiger partial charge in [-0.25, -0.2) is 0 Å². The molecule has 3 nitrogen and oxygen atoms in total. The summed E-state index contributed by atoms with van der Waals surface area (Å²) in [5.41, 5.74) is 0.802. The molecule has 1 aromatic carbocycles. The molecule has 0 amide bonds. The van der Waals surface area contributed by atoms with Crippen molar-refractivity contribution in [3.8, 4) is 0 Å². The lowest BCUT2D eigenvalue weighted by atomic mass is 10.0. The van der Waals surface area contributed by atoms with E-state index in [9.17, 15) is 4.79 Å². The number of carbonyl (C=O) groups excluding carboxylic acids is 1. The molecule has 1 heterocycles. The van der Waals surface area contributed by atoms with Gasteiger partial charge in [0.1, 0.15) is 0 Å². The highest BCUT2D eigenvalue weighted by molar-refractivity contribution is 7.99. The van der Waals surface area contributed by atoms with Gasteiger partial charge in [-0.2, -0.15) is 0 Å². The van der Waals surface area contributed by atoms with Gasteiger partial charge < -0.3 is 4.74 Å². The van der Waals surface area contributed by atoms with E-state index in [0.29, 0.717) is 6.42 Å². The van der Waals surface area contributed by atoms with Crippen LogP contribution < -0.4 is 0 Å². The number of benzene rings is 1. The predicted octanol–water partition coefficient (Wildman–Crippen LogP) is 2.67. The normalized spacial score (nSPS) is 19.9.